The van der Waals surface area contributed by atoms with Crippen molar-refractivity contribution in [3.63, 3.8) is 0 Å². The Labute approximate surface area is 161 Å². The average molecular weight is 366 g/mol. The quantitative estimate of drug-likeness (QED) is 0.571. The maximum atomic E-state index is 12.6. The molecule has 0 bridgehead atoms. The zero-order valence-corrected chi connectivity index (χ0v) is 16.0. The number of hydrogen-bond acceptors (Lipinski definition) is 3. The smallest absolute Gasteiger partial charge is 0.163 e. The largest absolute Gasteiger partial charge is 0.486 e. The molecule has 4 nitrogen and oxygen atoms in total. The first kappa shape index (κ1) is 18.1. The first-order valence-corrected chi connectivity index (χ1v) is 9.94. The number of quaternary nitrogens is 1. The van der Waals surface area contributed by atoms with E-state index in [0.717, 1.165) is 28.8 Å². The summed E-state index contributed by atoms with van der Waals surface area (Å²) in [5.74, 6) is 2.26. The highest BCUT2D eigenvalue weighted by molar-refractivity contribution is 5.96. The van der Waals surface area contributed by atoms with Crippen LogP contribution in [-0.2, 0) is 0 Å². The molecular formula is C23H28NO3+. The van der Waals surface area contributed by atoms with Gasteiger partial charge in [0.1, 0.15) is 13.2 Å². The van der Waals surface area contributed by atoms with E-state index in [1.165, 1.54) is 25.1 Å². The van der Waals surface area contributed by atoms with Crippen molar-refractivity contribution in [2.75, 3.05) is 39.9 Å². The van der Waals surface area contributed by atoms with Crippen LogP contribution >= 0.6 is 0 Å². The van der Waals surface area contributed by atoms with E-state index >= 15 is 0 Å². The molecule has 1 fully saturated rings. The van der Waals surface area contributed by atoms with Crippen LogP contribution in [0.5, 0.6) is 11.5 Å². The molecule has 0 spiro atoms. The minimum absolute atomic E-state index is 0.192. The zero-order chi connectivity index (χ0) is 18.7. The molecule has 4 heteroatoms. The maximum Gasteiger partial charge on any atom is 0.163 e. The number of ketones is 1. The van der Waals surface area contributed by atoms with Crippen LogP contribution in [0.1, 0.15) is 41.1 Å². The van der Waals surface area contributed by atoms with Crippen LogP contribution in [0.25, 0.3) is 0 Å². The highest BCUT2D eigenvalue weighted by atomic mass is 16.6. The Morgan fingerprint density at radius 1 is 1.07 bits per heavy atom. The average Bonchev–Trinajstić information content (AvgIpc) is 3.10. The van der Waals surface area contributed by atoms with Crippen molar-refractivity contribution in [1.29, 1.82) is 0 Å². The molecule has 142 valence electrons. The molecule has 2 aliphatic heterocycles. The first-order chi connectivity index (χ1) is 13.1. The van der Waals surface area contributed by atoms with E-state index in [1.807, 2.05) is 18.2 Å². The lowest BCUT2D eigenvalue weighted by Gasteiger charge is -2.29. The first-order valence-electron chi connectivity index (χ1n) is 9.94. The minimum Gasteiger partial charge on any atom is -0.486 e. The van der Waals surface area contributed by atoms with Gasteiger partial charge in [-0.3, -0.25) is 4.79 Å². The number of benzene rings is 2. The topological polar surface area (TPSA) is 35.5 Å². The summed E-state index contributed by atoms with van der Waals surface area (Å²) in [4.78, 5) is 12.6. The molecule has 0 aliphatic carbocycles. The van der Waals surface area contributed by atoms with Crippen LogP contribution in [0.4, 0.5) is 0 Å². The predicted octanol–water partition coefficient (Wildman–Crippen LogP) is 4.05. The molecule has 4 rings (SSSR count). The third-order valence-corrected chi connectivity index (χ3v) is 5.92. The fraction of sp³-hybridized carbons (Fsp3) is 0.435. The third-order valence-electron chi connectivity index (χ3n) is 5.92. The predicted molar refractivity (Wildman–Crippen MR) is 106 cm³/mol. The second-order valence-corrected chi connectivity index (χ2v) is 8.03. The number of carbonyl (C=O) groups is 1. The van der Waals surface area contributed by atoms with Gasteiger partial charge in [-0.15, -0.1) is 0 Å². The Hall–Kier alpha value is -2.33. The fourth-order valence-corrected chi connectivity index (χ4v) is 4.36. The Morgan fingerprint density at radius 2 is 1.85 bits per heavy atom. The number of fused-ring (bicyclic) bond motifs is 1. The van der Waals surface area contributed by atoms with Gasteiger partial charge in [-0.1, -0.05) is 30.3 Å². The Morgan fingerprint density at radius 3 is 2.67 bits per heavy atom. The Kier molecular flexibility index (Phi) is 5.17. The molecule has 2 aromatic carbocycles. The number of ether oxygens (including phenoxy) is 2. The van der Waals surface area contributed by atoms with Gasteiger partial charge in [-0.05, 0) is 23.8 Å². The van der Waals surface area contributed by atoms with Gasteiger partial charge >= 0.3 is 0 Å². The van der Waals surface area contributed by atoms with Gasteiger partial charge in [0.25, 0.3) is 0 Å². The summed E-state index contributed by atoms with van der Waals surface area (Å²) in [6.45, 7) is 4.53. The fourth-order valence-electron chi connectivity index (χ4n) is 4.36. The van der Waals surface area contributed by atoms with Crippen molar-refractivity contribution in [3.05, 3.63) is 59.7 Å². The van der Waals surface area contributed by atoms with E-state index in [2.05, 4.69) is 37.4 Å². The van der Waals surface area contributed by atoms with E-state index in [0.29, 0.717) is 31.3 Å². The number of rotatable bonds is 6. The summed E-state index contributed by atoms with van der Waals surface area (Å²) in [7, 11) is 2.33. The van der Waals surface area contributed by atoms with Gasteiger partial charge < -0.3 is 14.0 Å². The Bertz CT molecular complexity index is 805. The monoisotopic (exact) mass is 366 g/mol. The SMILES string of the molecule is C[N@+]1(CCCC(=O)c2ccc3c(c2)OCCO3)CC[C@@H](c2ccccc2)C1. The molecule has 0 radical (unpaired) electrons. The lowest BCUT2D eigenvalue weighted by atomic mass is 9.99. The summed E-state index contributed by atoms with van der Waals surface area (Å²) in [6.07, 6.45) is 2.74. The molecule has 1 saturated heterocycles. The molecule has 27 heavy (non-hydrogen) atoms. The molecule has 0 aromatic heterocycles. The molecule has 0 N–H and O–H groups in total. The van der Waals surface area contributed by atoms with Crippen LogP contribution in [0.15, 0.2) is 48.5 Å². The molecule has 0 amide bonds. The summed E-state index contributed by atoms with van der Waals surface area (Å²) >= 11 is 0. The van der Waals surface area contributed by atoms with Gasteiger partial charge in [0.2, 0.25) is 0 Å². The van der Waals surface area contributed by atoms with E-state index in [4.69, 9.17) is 9.47 Å². The van der Waals surface area contributed by atoms with Gasteiger partial charge in [-0.25, -0.2) is 0 Å². The number of likely N-dealkylation sites (tertiary alicyclic amines) is 1. The standard InChI is InChI=1S/C23H28NO3/c1-24(13-11-20(17-24)18-6-3-2-4-7-18)12-5-8-21(25)19-9-10-22-23(16-19)27-15-14-26-22/h2-4,6-7,9-10,16,20H,5,8,11-15,17H2,1H3/q+1/t20-,24+/m1/s1. The molecular weight excluding hydrogens is 338 g/mol. The van der Waals surface area contributed by atoms with Crippen LogP contribution in [0.2, 0.25) is 0 Å². The number of hydrogen-bond donors (Lipinski definition) is 0. The molecule has 2 heterocycles. The second-order valence-electron chi connectivity index (χ2n) is 8.03. The molecule has 0 unspecified atom stereocenters. The van der Waals surface area contributed by atoms with E-state index in [9.17, 15) is 4.79 Å². The molecule has 2 atom stereocenters. The van der Waals surface area contributed by atoms with Crippen molar-refractivity contribution in [2.24, 2.45) is 0 Å². The molecule has 2 aromatic rings. The van der Waals surface area contributed by atoms with Gasteiger partial charge in [-0.2, -0.15) is 0 Å². The van der Waals surface area contributed by atoms with Crippen molar-refractivity contribution < 1.29 is 18.8 Å². The minimum atomic E-state index is 0.192. The lowest BCUT2D eigenvalue weighted by molar-refractivity contribution is -0.898. The summed E-state index contributed by atoms with van der Waals surface area (Å²) < 4.78 is 12.2. The van der Waals surface area contributed by atoms with Crippen molar-refractivity contribution >= 4 is 5.78 Å². The van der Waals surface area contributed by atoms with Crippen LogP contribution in [-0.4, -0.2) is 50.2 Å². The summed E-state index contributed by atoms with van der Waals surface area (Å²) in [5.41, 5.74) is 2.18. The van der Waals surface area contributed by atoms with Crippen molar-refractivity contribution in [3.8, 4) is 11.5 Å². The van der Waals surface area contributed by atoms with Gasteiger partial charge in [0.05, 0.1) is 26.7 Å². The van der Waals surface area contributed by atoms with E-state index in [1.54, 1.807) is 0 Å². The van der Waals surface area contributed by atoms with Crippen LogP contribution < -0.4 is 9.47 Å². The lowest BCUT2D eigenvalue weighted by Crippen LogP contribution is -2.42. The van der Waals surface area contributed by atoms with Crippen molar-refractivity contribution in [1.82, 2.24) is 0 Å². The van der Waals surface area contributed by atoms with E-state index in [-0.39, 0.29) is 5.78 Å². The third kappa shape index (κ3) is 4.16. The number of likely N-dealkylation sites (N-methyl/N-ethyl adjacent to an activating group) is 1. The maximum absolute atomic E-state index is 12.6. The highest BCUT2D eigenvalue weighted by Crippen LogP contribution is 2.33. The number of nitrogens with zero attached hydrogens (tertiary/aromatic N) is 1. The van der Waals surface area contributed by atoms with Gasteiger partial charge in [0, 0.05) is 30.7 Å². The Balaban J connectivity index is 1.30. The van der Waals surface area contributed by atoms with Crippen molar-refractivity contribution in [2.45, 2.75) is 25.2 Å². The number of Topliss-reactive ketones (excluding diaryl/α,β-unsaturated/α-hetero) is 1. The van der Waals surface area contributed by atoms with Gasteiger partial charge in [0.15, 0.2) is 17.3 Å². The molecule has 0 saturated carbocycles. The normalized spacial score (nSPS) is 24.0. The summed E-state index contributed by atoms with van der Waals surface area (Å²) in [6, 6.07) is 16.4. The second kappa shape index (κ2) is 7.73. The van der Waals surface area contributed by atoms with Crippen LogP contribution in [0, 0.1) is 0 Å². The van der Waals surface area contributed by atoms with Crippen LogP contribution in [0.3, 0.4) is 0 Å². The van der Waals surface area contributed by atoms with E-state index < -0.39 is 0 Å². The number of carbonyl (C=O) groups excluding carboxylic acids is 1. The summed E-state index contributed by atoms with van der Waals surface area (Å²) in [5, 5.41) is 0. The highest BCUT2D eigenvalue weighted by Gasteiger charge is 2.34. The molecule has 2 aliphatic rings. The zero-order valence-electron chi connectivity index (χ0n) is 16.0.